The number of hydrogen-bond acceptors (Lipinski definition) is 2. The highest BCUT2D eigenvalue weighted by molar-refractivity contribution is 6.33. The summed E-state index contributed by atoms with van der Waals surface area (Å²) in [6, 6.07) is 12.2. The van der Waals surface area contributed by atoms with Crippen LogP contribution in [0.15, 0.2) is 36.4 Å². The molecular weight excluding hydrogens is 320 g/mol. The normalized spacial score (nSPS) is 13.5. The minimum atomic E-state index is 0.163. The molecule has 1 heterocycles. The fourth-order valence-corrected chi connectivity index (χ4v) is 3.75. The monoisotopic (exact) mass is 342 g/mol. The summed E-state index contributed by atoms with van der Waals surface area (Å²) in [5, 5.41) is 4.03. The van der Waals surface area contributed by atoms with Crippen LogP contribution >= 0.6 is 11.6 Å². The van der Waals surface area contributed by atoms with E-state index in [2.05, 4.69) is 17.4 Å². The second-order valence-electron chi connectivity index (χ2n) is 6.39. The van der Waals surface area contributed by atoms with Crippen LogP contribution in [0.2, 0.25) is 5.02 Å². The minimum absolute atomic E-state index is 0.163. The number of aryl methyl sites for hydroxylation is 3. The number of nitrogens with zero attached hydrogens (tertiary/aromatic N) is 1. The van der Waals surface area contributed by atoms with Crippen LogP contribution in [0.3, 0.4) is 0 Å². The number of halogens is 1. The molecule has 24 heavy (non-hydrogen) atoms. The molecule has 0 fully saturated rings. The van der Waals surface area contributed by atoms with Gasteiger partial charge in [0, 0.05) is 25.2 Å². The van der Waals surface area contributed by atoms with Crippen LogP contribution in [0.4, 0.5) is 11.4 Å². The van der Waals surface area contributed by atoms with Crippen molar-refractivity contribution in [1.82, 2.24) is 0 Å². The van der Waals surface area contributed by atoms with E-state index in [1.807, 2.05) is 43.0 Å². The number of para-hydroxylation sites is 1. The lowest BCUT2D eigenvalue weighted by Gasteiger charge is -2.29. The molecular formula is C20H23ClN2O. The topological polar surface area (TPSA) is 32.3 Å². The third-order valence-corrected chi connectivity index (χ3v) is 4.78. The van der Waals surface area contributed by atoms with Crippen LogP contribution < -0.4 is 10.2 Å². The van der Waals surface area contributed by atoms with Crippen LogP contribution in [0, 0.1) is 13.8 Å². The van der Waals surface area contributed by atoms with Crippen molar-refractivity contribution in [3.05, 3.63) is 58.1 Å². The lowest BCUT2D eigenvalue weighted by molar-refractivity contribution is -0.118. The van der Waals surface area contributed by atoms with Gasteiger partial charge in [-0.25, -0.2) is 0 Å². The van der Waals surface area contributed by atoms with E-state index < -0.39 is 0 Å². The van der Waals surface area contributed by atoms with Gasteiger partial charge < -0.3 is 10.2 Å². The zero-order valence-corrected chi connectivity index (χ0v) is 15.0. The van der Waals surface area contributed by atoms with Crippen molar-refractivity contribution < 1.29 is 4.79 Å². The third kappa shape index (κ3) is 3.57. The Morgan fingerprint density at radius 1 is 1.25 bits per heavy atom. The SMILES string of the molecule is Cc1cc(C)c(NCCC(=O)N2CCCc3ccccc32)c(Cl)c1. The van der Waals surface area contributed by atoms with Gasteiger partial charge in [-0.1, -0.05) is 35.9 Å². The molecule has 1 N–H and O–H groups in total. The molecule has 0 spiro atoms. The zero-order chi connectivity index (χ0) is 17.1. The average molecular weight is 343 g/mol. The molecule has 1 amide bonds. The molecule has 1 aliphatic heterocycles. The van der Waals surface area contributed by atoms with Crippen molar-refractivity contribution in [3.8, 4) is 0 Å². The molecule has 0 bridgehead atoms. The number of amides is 1. The van der Waals surface area contributed by atoms with Crippen molar-refractivity contribution >= 4 is 28.9 Å². The van der Waals surface area contributed by atoms with Crippen molar-refractivity contribution in [2.75, 3.05) is 23.3 Å². The van der Waals surface area contributed by atoms with Gasteiger partial charge in [-0.15, -0.1) is 0 Å². The first kappa shape index (κ1) is 16.8. The second kappa shape index (κ2) is 7.27. The molecule has 2 aromatic rings. The molecule has 126 valence electrons. The summed E-state index contributed by atoms with van der Waals surface area (Å²) in [5.74, 6) is 0.163. The van der Waals surface area contributed by atoms with Gasteiger partial charge in [0.15, 0.2) is 0 Å². The summed E-state index contributed by atoms with van der Waals surface area (Å²) < 4.78 is 0. The molecule has 0 atom stereocenters. The van der Waals surface area contributed by atoms with Gasteiger partial charge in [0.05, 0.1) is 10.7 Å². The highest BCUT2D eigenvalue weighted by atomic mass is 35.5. The highest BCUT2D eigenvalue weighted by Gasteiger charge is 2.21. The molecule has 0 aliphatic carbocycles. The first-order chi connectivity index (χ1) is 11.6. The van der Waals surface area contributed by atoms with E-state index in [1.165, 1.54) is 5.56 Å². The molecule has 2 aromatic carbocycles. The van der Waals surface area contributed by atoms with Crippen LogP contribution in [0.5, 0.6) is 0 Å². The number of anilines is 2. The Balaban J connectivity index is 1.63. The fraction of sp³-hybridized carbons (Fsp3) is 0.350. The smallest absolute Gasteiger partial charge is 0.228 e. The Morgan fingerprint density at radius 2 is 2.04 bits per heavy atom. The fourth-order valence-electron chi connectivity index (χ4n) is 3.36. The van der Waals surface area contributed by atoms with Crippen molar-refractivity contribution in [1.29, 1.82) is 0 Å². The van der Waals surface area contributed by atoms with Gasteiger partial charge in [0.25, 0.3) is 0 Å². The van der Waals surface area contributed by atoms with Gasteiger partial charge in [0.1, 0.15) is 0 Å². The molecule has 0 radical (unpaired) electrons. The number of rotatable bonds is 4. The number of hydrogen-bond donors (Lipinski definition) is 1. The lowest BCUT2D eigenvalue weighted by Crippen LogP contribution is -2.36. The summed E-state index contributed by atoms with van der Waals surface area (Å²) in [7, 11) is 0. The van der Waals surface area contributed by atoms with Gasteiger partial charge >= 0.3 is 0 Å². The van der Waals surface area contributed by atoms with Gasteiger partial charge in [-0.2, -0.15) is 0 Å². The number of carbonyl (C=O) groups excluding carboxylic acids is 1. The van der Waals surface area contributed by atoms with E-state index in [1.54, 1.807) is 0 Å². The number of benzene rings is 2. The van der Waals surface area contributed by atoms with E-state index in [0.717, 1.165) is 41.9 Å². The van der Waals surface area contributed by atoms with Crippen LogP contribution in [0.25, 0.3) is 0 Å². The molecule has 3 nitrogen and oxygen atoms in total. The van der Waals surface area contributed by atoms with E-state index in [4.69, 9.17) is 11.6 Å². The maximum Gasteiger partial charge on any atom is 0.228 e. The van der Waals surface area contributed by atoms with E-state index in [9.17, 15) is 4.79 Å². The Bertz CT molecular complexity index is 734. The Hall–Kier alpha value is -2.00. The molecule has 3 rings (SSSR count). The predicted octanol–water partition coefficient (Wildman–Crippen LogP) is 4.74. The number of fused-ring (bicyclic) bond motifs is 1. The maximum absolute atomic E-state index is 12.6. The number of nitrogens with one attached hydrogen (secondary N) is 1. The largest absolute Gasteiger partial charge is 0.383 e. The van der Waals surface area contributed by atoms with E-state index >= 15 is 0 Å². The summed E-state index contributed by atoms with van der Waals surface area (Å²) in [6.07, 6.45) is 2.54. The van der Waals surface area contributed by atoms with Crippen molar-refractivity contribution in [2.45, 2.75) is 33.1 Å². The summed E-state index contributed by atoms with van der Waals surface area (Å²) in [5.41, 5.74) is 5.51. The molecule has 0 unspecified atom stereocenters. The first-order valence-corrected chi connectivity index (χ1v) is 8.83. The minimum Gasteiger partial charge on any atom is -0.383 e. The van der Waals surface area contributed by atoms with Gasteiger partial charge in [0.2, 0.25) is 5.91 Å². The Morgan fingerprint density at radius 3 is 2.83 bits per heavy atom. The Kier molecular flexibility index (Phi) is 5.10. The highest BCUT2D eigenvalue weighted by Crippen LogP contribution is 2.28. The van der Waals surface area contributed by atoms with Gasteiger partial charge in [-0.05, 0) is 55.5 Å². The van der Waals surface area contributed by atoms with Crippen LogP contribution in [-0.4, -0.2) is 19.0 Å². The summed E-state index contributed by atoms with van der Waals surface area (Å²) in [4.78, 5) is 14.5. The van der Waals surface area contributed by atoms with Crippen molar-refractivity contribution in [2.24, 2.45) is 0 Å². The van der Waals surface area contributed by atoms with Gasteiger partial charge in [-0.3, -0.25) is 4.79 Å². The van der Waals surface area contributed by atoms with Crippen LogP contribution in [0.1, 0.15) is 29.5 Å². The number of carbonyl (C=O) groups is 1. The zero-order valence-electron chi connectivity index (χ0n) is 14.2. The standard InChI is InChI=1S/C20H23ClN2O/c1-14-12-15(2)20(17(21)13-14)22-10-9-19(24)23-11-5-7-16-6-3-4-8-18(16)23/h3-4,6,8,12-13,22H,5,7,9-11H2,1-2H3. The predicted molar refractivity (Wildman–Crippen MR) is 101 cm³/mol. The van der Waals surface area contributed by atoms with Crippen LogP contribution in [-0.2, 0) is 11.2 Å². The average Bonchev–Trinajstić information content (AvgIpc) is 2.56. The summed E-state index contributed by atoms with van der Waals surface area (Å²) in [6.45, 7) is 5.45. The first-order valence-electron chi connectivity index (χ1n) is 8.45. The molecule has 0 saturated heterocycles. The molecule has 1 aliphatic rings. The molecule has 0 aromatic heterocycles. The maximum atomic E-state index is 12.6. The lowest BCUT2D eigenvalue weighted by atomic mass is 10.0. The summed E-state index contributed by atoms with van der Waals surface area (Å²) >= 11 is 6.31. The molecule has 0 saturated carbocycles. The third-order valence-electron chi connectivity index (χ3n) is 4.48. The molecule has 4 heteroatoms. The van der Waals surface area contributed by atoms with Crippen molar-refractivity contribution in [3.63, 3.8) is 0 Å². The van der Waals surface area contributed by atoms with E-state index in [-0.39, 0.29) is 5.91 Å². The quantitative estimate of drug-likeness (QED) is 0.870. The van der Waals surface area contributed by atoms with E-state index in [0.29, 0.717) is 18.0 Å². The Labute approximate surface area is 148 Å². The second-order valence-corrected chi connectivity index (χ2v) is 6.80.